The molecule has 8 heteroatoms. The SMILES string of the molecule is O=c1c2cnc3ncnn3c2ccn1-c1ccc2c(c1)OCCO2. The van der Waals surface area contributed by atoms with E-state index >= 15 is 0 Å². The zero-order valence-electron chi connectivity index (χ0n) is 12.4. The van der Waals surface area contributed by atoms with E-state index in [1.807, 2.05) is 12.1 Å². The van der Waals surface area contributed by atoms with Crippen LogP contribution in [0.4, 0.5) is 0 Å². The van der Waals surface area contributed by atoms with Gasteiger partial charge in [-0.2, -0.15) is 14.6 Å². The molecule has 0 N–H and O–H groups in total. The van der Waals surface area contributed by atoms with Crippen LogP contribution in [-0.4, -0.2) is 37.4 Å². The minimum absolute atomic E-state index is 0.186. The summed E-state index contributed by atoms with van der Waals surface area (Å²) in [6, 6.07) is 7.24. The van der Waals surface area contributed by atoms with Crippen molar-refractivity contribution in [3.63, 3.8) is 0 Å². The Morgan fingerprint density at radius 1 is 1.04 bits per heavy atom. The number of pyridine rings is 1. The highest BCUT2D eigenvalue weighted by atomic mass is 16.6. The molecule has 0 bridgehead atoms. The molecule has 0 spiro atoms. The molecule has 118 valence electrons. The maximum atomic E-state index is 12.9. The van der Waals surface area contributed by atoms with Gasteiger partial charge in [0, 0.05) is 18.5 Å². The number of hydrogen-bond donors (Lipinski definition) is 0. The smallest absolute Gasteiger partial charge is 0.266 e. The van der Waals surface area contributed by atoms with Crippen molar-refractivity contribution in [2.45, 2.75) is 0 Å². The average Bonchev–Trinajstić information content (AvgIpc) is 3.11. The monoisotopic (exact) mass is 321 g/mol. The van der Waals surface area contributed by atoms with Crippen molar-refractivity contribution >= 4 is 16.7 Å². The first kappa shape index (κ1) is 13.1. The van der Waals surface area contributed by atoms with E-state index in [0.717, 1.165) is 0 Å². The van der Waals surface area contributed by atoms with Gasteiger partial charge < -0.3 is 9.47 Å². The van der Waals surface area contributed by atoms with Gasteiger partial charge in [0.25, 0.3) is 11.3 Å². The summed E-state index contributed by atoms with van der Waals surface area (Å²) in [6.45, 7) is 1.03. The molecule has 0 amide bonds. The van der Waals surface area contributed by atoms with E-state index in [9.17, 15) is 4.79 Å². The molecule has 1 aromatic carbocycles. The molecular weight excluding hydrogens is 310 g/mol. The Bertz CT molecular complexity index is 1150. The van der Waals surface area contributed by atoms with Crippen LogP contribution < -0.4 is 15.0 Å². The Morgan fingerprint density at radius 3 is 2.83 bits per heavy atom. The van der Waals surface area contributed by atoms with E-state index in [1.165, 1.54) is 12.5 Å². The number of benzene rings is 1. The van der Waals surface area contributed by atoms with Crippen molar-refractivity contribution < 1.29 is 9.47 Å². The summed E-state index contributed by atoms with van der Waals surface area (Å²) in [5.74, 6) is 1.78. The summed E-state index contributed by atoms with van der Waals surface area (Å²) >= 11 is 0. The third kappa shape index (κ3) is 1.79. The summed E-state index contributed by atoms with van der Waals surface area (Å²) < 4.78 is 14.2. The molecule has 1 aliphatic heterocycles. The summed E-state index contributed by atoms with van der Waals surface area (Å²) in [5, 5.41) is 4.57. The van der Waals surface area contributed by atoms with Gasteiger partial charge >= 0.3 is 0 Å². The lowest BCUT2D eigenvalue weighted by molar-refractivity contribution is 0.171. The van der Waals surface area contributed by atoms with Crippen LogP contribution in [-0.2, 0) is 0 Å². The zero-order chi connectivity index (χ0) is 16.1. The van der Waals surface area contributed by atoms with Gasteiger partial charge in [-0.25, -0.2) is 4.98 Å². The maximum absolute atomic E-state index is 12.9. The predicted octanol–water partition coefficient (Wildman–Crippen LogP) is 1.20. The number of ether oxygens (including phenoxy) is 2. The maximum Gasteiger partial charge on any atom is 0.266 e. The van der Waals surface area contributed by atoms with Crippen molar-refractivity contribution in [2.75, 3.05) is 13.2 Å². The number of hydrogen-bond acceptors (Lipinski definition) is 6. The molecule has 4 aromatic rings. The van der Waals surface area contributed by atoms with Gasteiger partial charge in [-0.15, -0.1) is 0 Å². The van der Waals surface area contributed by atoms with Crippen molar-refractivity contribution in [2.24, 2.45) is 0 Å². The summed E-state index contributed by atoms with van der Waals surface area (Å²) in [5.41, 5.74) is 1.18. The van der Waals surface area contributed by atoms with Crippen LogP contribution in [0.1, 0.15) is 0 Å². The molecule has 0 fully saturated rings. The van der Waals surface area contributed by atoms with E-state index in [0.29, 0.717) is 47.1 Å². The Kier molecular flexibility index (Phi) is 2.60. The minimum Gasteiger partial charge on any atom is -0.486 e. The lowest BCUT2D eigenvalue weighted by Crippen LogP contribution is -2.20. The van der Waals surface area contributed by atoms with Crippen molar-refractivity contribution in [1.82, 2.24) is 24.1 Å². The van der Waals surface area contributed by atoms with E-state index in [-0.39, 0.29) is 5.56 Å². The van der Waals surface area contributed by atoms with Crippen molar-refractivity contribution in [3.05, 3.63) is 53.3 Å². The molecule has 4 heterocycles. The third-order valence-electron chi connectivity index (χ3n) is 3.98. The first-order valence-electron chi connectivity index (χ1n) is 7.41. The first-order valence-corrected chi connectivity index (χ1v) is 7.41. The Morgan fingerprint density at radius 2 is 1.92 bits per heavy atom. The van der Waals surface area contributed by atoms with Gasteiger partial charge in [-0.1, -0.05) is 0 Å². The van der Waals surface area contributed by atoms with E-state index < -0.39 is 0 Å². The lowest BCUT2D eigenvalue weighted by atomic mass is 10.2. The number of fused-ring (bicyclic) bond motifs is 4. The molecule has 8 nitrogen and oxygen atoms in total. The fraction of sp³-hybridized carbons (Fsp3) is 0.125. The molecule has 0 saturated carbocycles. The van der Waals surface area contributed by atoms with Gasteiger partial charge in [0.15, 0.2) is 11.5 Å². The number of nitrogens with zero attached hydrogens (tertiary/aromatic N) is 5. The highest BCUT2D eigenvalue weighted by Gasteiger charge is 2.14. The van der Waals surface area contributed by atoms with Gasteiger partial charge in [0.1, 0.15) is 19.5 Å². The second-order valence-electron chi connectivity index (χ2n) is 5.35. The Balaban J connectivity index is 1.74. The molecule has 0 saturated heterocycles. The Labute approximate surface area is 134 Å². The van der Waals surface area contributed by atoms with Crippen molar-refractivity contribution in [3.8, 4) is 17.2 Å². The summed E-state index contributed by atoms with van der Waals surface area (Å²) in [7, 11) is 0. The van der Waals surface area contributed by atoms with Crippen LogP contribution in [0.5, 0.6) is 11.5 Å². The van der Waals surface area contributed by atoms with Crippen LogP contribution >= 0.6 is 0 Å². The molecule has 0 aliphatic carbocycles. The van der Waals surface area contributed by atoms with Crippen LogP contribution in [0.25, 0.3) is 22.4 Å². The van der Waals surface area contributed by atoms with Crippen LogP contribution in [0.15, 0.2) is 47.8 Å². The lowest BCUT2D eigenvalue weighted by Gasteiger charge is -2.19. The average molecular weight is 321 g/mol. The minimum atomic E-state index is -0.186. The molecular formula is C16H11N5O3. The molecule has 1 aliphatic rings. The van der Waals surface area contributed by atoms with E-state index in [4.69, 9.17) is 9.47 Å². The van der Waals surface area contributed by atoms with Crippen LogP contribution in [0.2, 0.25) is 0 Å². The zero-order valence-corrected chi connectivity index (χ0v) is 12.4. The highest BCUT2D eigenvalue weighted by Crippen LogP contribution is 2.31. The molecule has 0 atom stereocenters. The number of aromatic nitrogens is 5. The molecule has 24 heavy (non-hydrogen) atoms. The quantitative estimate of drug-likeness (QED) is 0.524. The predicted molar refractivity (Wildman–Crippen MR) is 84.9 cm³/mol. The van der Waals surface area contributed by atoms with Gasteiger partial charge in [0.2, 0.25) is 0 Å². The van der Waals surface area contributed by atoms with E-state index in [1.54, 1.807) is 27.4 Å². The topological polar surface area (TPSA) is 83.5 Å². The summed E-state index contributed by atoms with van der Waals surface area (Å²) in [6.07, 6.45) is 4.64. The molecule has 0 radical (unpaired) electrons. The fourth-order valence-corrected chi connectivity index (χ4v) is 2.85. The largest absolute Gasteiger partial charge is 0.486 e. The van der Waals surface area contributed by atoms with Crippen molar-refractivity contribution in [1.29, 1.82) is 0 Å². The molecule has 3 aromatic heterocycles. The first-order chi connectivity index (χ1) is 11.8. The van der Waals surface area contributed by atoms with Crippen LogP contribution in [0.3, 0.4) is 0 Å². The van der Waals surface area contributed by atoms with Gasteiger partial charge in [0.05, 0.1) is 16.6 Å². The Hall–Kier alpha value is -3.42. The standard InChI is InChI=1S/C16H11N5O3/c22-15-11-8-17-16-18-9-19-21(16)12(11)3-4-20(15)10-1-2-13-14(7-10)24-6-5-23-13/h1-4,7-9H,5-6H2. The second kappa shape index (κ2) is 4.79. The number of rotatable bonds is 1. The summed E-state index contributed by atoms with van der Waals surface area (Å²) in [4.78, 5) is 21.0. The molecule has 0 unspecified atom stereocenters. The fourth-order valence-electron chi connectivity index (χ4n) is 2.85. The molecule has 5 rings (SSSR count). The second-order valence-corrected chi connectivity index (χ2v) is 5.35. The highest BCUT2D eigenvalue weighted by molar-refractivity contribution is 5.78. The third-order valence-corrected chi connectivity index (χ3v) is 3.98. The van der Waals surface area contributed by atoms with E-state index in [2.05, 4.69) is 15.1 Å². The van der Waals surface area contributed by atoms with Crippen LogP contribution in [0, 0.1) is 0 Å². The normalized spacial score (nSPS) is 13.5. The van der Waals surface area contributed by atoms with Gasteiger partial charge in [-0.05, 0) is 18.2 Å². The van der Waals surface area contributed by atoms with Gasteiger partial charge in [-0.3, -0.25) is 9.36 Å².